The lowest BCUT2D eigenvalue weighted by atomic mass is 10.1. The van der Waals surface area contributed by atoms with Gasteiger partial charge in [-0.25, -0.2) is 4.98 Å². The Labute approximate surface area is 126 Å². The lowest BCUT2D eigenvalue weighted by molar-refractivity contribution is 0.242. The molecule has 0 atom stereocenters. The van der Waals surface area contributed by atoms with Crippen molar-refractivity contribution in [3.63, 3.8) is 0 Å². The molecule has 1 aliphatic heterocycles. The summed E-state index contributed by atoms with van der Waals surface area (Å²) in [6.07, 6.45) is 0.690. The van der Waals surface area contributed by atoms with Gasteiger partial charge in [0, 0.05) is 26.1 Å². The molecular weight excluding hydrogens is 292 g/mol. The number of rotatable bonds is 2. The van der Waals surface area contributed by atoms with Crippen LogP contribution in [0.1, 0.15) is 16.8 Å². The molecule has 21 heavy (non-hydrogen) atoms. The van der Waals surface area contributed by atoms with E-state index in [4.69, 9.17) is 17.3 Å². The van der Waals surface area contributed by atoms with Gasteiger partial charge in [-0.2, -0.15) is 0 Å². The van der Waals surface area contributed by atoms with Gasteiger partial charge in [-0.15, -0.1) is 0 Å². The molecule has 1 aliphatic rings. The fraction of sp³-hybridized carbons (Fsp3) is 0.286. The molecule has 0 bridgehead atoms. The van der Waals surface area contributed by atoms with Gasteiger partial charge in [0.1, 0.15) is 5.75 Å². The first-order valence-corrected chi connectivity index (χ1v) is 6.98. The Kier molecular flexibility index (Phi) is 3.57. The van der Waals surface area contributed by atoms with Crippen LogP contribution in [0, 0.1) is 0 Å². The Morgan fingerprint density at radius 3 is 3.05 bits per heavy atom. The van der Waals surface area contributed by atoms with Crippen molar-refractivity contribution in [2.24, 2.45) is 0 Å². The number of aromatic nitrogens is 2. The number of benzene rings is 1. The van der Waals surface area contributed by atoms with E-state index in [0.717, 1.165) is 17.8 Å². The molecular formula is C14H15ClN4O2. The Morgan fingerprint density at radius 2 is 2.29 bits per heavy atom. The molecule has 0 spiro atoms. The fourth-order valence-corrected chi connectivity index (χ4v) is 2.75. The van der Waals surface area contributed by atoms with E-state index in [-0.39, 0.29) is 17.3 Å². The standard InChI is InChI=1S/C14H15ClN4O2/c15-10-5-8(1-2-12(10)20)6-19-4-3-11-9(7-19)13(21)18-14(16)17-11/h1-2,5,20H,3-4,6-7H2,(H3,16,17,18,21). The molecule has 0 aliphatic carbocycles. The van der Waals surface area contributed by atoms with Gasteiger partial charge in [-0.1, -0.05) is 17.7 Å². The molecule has 3 rings (SSSR count). The maximum atomic E-state index is 11.9. The number of hydrogen-bond acceptors (Lipinski definition) is 5. The van der Waals surface area contributed by atoms with Crippen LogP contribution < -0.4 is 11.3 Å². The summed E-state index contributed by atoms with van der Waals surface area (Å²) in [6, 6.07) is 5.13. The predicted molar refractivity (Wildman–Crippen MR) is 80.2 cm³/mol. The Hall–Kier alpha value is -2.05. The van der Waals surface area contributed by atoms with Crippen molar-refractivity contribution in [1.29, 1.82) is 0 Å². The lowest BCUT2D eigenvalue weighted by Gasteiger charge is -2.27. The number of halogens is 1. The summed E-state index contributed by atoms with van der Waals surface area (Å²) < 4.78 is 0. The van der Waals surface area contributed by atoms with E-state index >= 15 is 0 Å². The number of nitrogens with two attached hydrogens (primary N) is 1. The van der Waals surface area contributed by atoms with Crippen molar-refractivity contribution >= 4 is 17.5 Å². The van der Waals surface area contributed by atoms with Crippen molar-refractivity contribution < 1.29 is 5.11 Å². The number of phenolic OH excluding ortho intramolecular Hbond substituents is 1. The molecule has 0 saturated heterocycles. The quantitative estimate of drug-likeness (QED) is 0.776. The molecule has 1 aromatic carbocycles. The molecule has 0 amide bonds. The van der Waals surface area contributed by atoms with Gasteiger partial charge in [-0.05, 0) is 17.7 Å². The molecule has 2 aromatic rings. The first kappa shape index (κ1) is 13.9. The second-order valence-corrected chi connectivity index (χ2v) is 5.53. The first-order valence-electron chi connectivity index (χ1n) is 6.60. The SMILES string of the molecule is Nc1nc2c(c(=O)[nH]1)CN(Cc1ccc(O)c(Cl)c1)CC2. The van der Waals surface area contributed by atoms with Crippen LogP contribution >= 0.6 is 11.6 Å². The summed E-state index contributed by atoms with van der Waals surface area (Å²) in [4.78, 5) is 20.8. The van der Waals surface area contributed by atoms with Crippen LogP contribution in [0.25, 0.3) is 0 Å². The van der Waals surface area contributed by atoms with Crippen LogP contribution in [0.15, 0.2) is 23.0 Å². The molecule has 110 valence electrons. The average molecular weight is 307 g/mol. The van der Waals surface area contributed by atoms with Crippen molar-refractivity contribution in [2.75, 3.05) is 12.3 Å². The van der Waals surface area contributed by atoms with Crippen molar-refractivity contribution in [1.82, 2.24) is 14.9 Å². The van der Waals surface area contributed by atoms with Crippen LogP contribution in [0.5, 0.6) is 5.75 Å². The molecule has 7 heteroatoms. The second kappa shape index (κ2) is 5.38. The molecule has 0 radical (unpaired) electrons. The van der Waals surface area contributed by atoms with Gasteiger partial charge in [0.2, 0.25) is 5.95 Å². The van der Waals surface area contributed by atoms with Gasteiger partial charge < -0.3 is 10.8 Å². The Morgan fingerprint density at radius 1 is 1.48 bits per heavy atom. The zero-order valence-electron chi connectivity index (χ0n) is 11.3. The first-order chi connectivity index (χ1) is 10.0. The molecule has 2 heterocycles. The van der Waals surface area contributed by atoms with E-state index in [9.17, 15) is 9.90 Å². The van der Waals surface area contributed by atoms with E-state index < -0.39 is 0 Å². The summed E-state index contributed by atoms with van der Waals surface area (Å²) >= 11 is 5.91. The number of phenols is 1. The van der Waals surface area contributed by atoms with Crippen molar-refractivity contribution in [2.45, 2.75) is 19.5 Å². The van der Waals surface area contributed by atoms with Crippen LogP contribution in [-0.4, -0.2) is 26.5 Å². The number of aromatic hydroxyl groups is 1. The number of H-pyrrole nitrogens is 1. The van der Waals surface area contributed by atoms with E-state index in [2.05, 4.69) is 14.9 Å². The number of nitrogens with zero attached hydrogens (tertiary/aromatic N) is 2. The largest absolute Gasteiger partial charge is 0.506 e. The highest BCUT2D eigenvalue weighted by Gasteiger charge is 2.21. The maximum Gasteiger partial charge on any atom is 0.257 e. The highest BCUT2D eigenvalue weighted by molar-refractivity contribution is 6.32. The Bertz CT molecular complexity index is 744. The van der Waals surface area contributed by atoms with E-state index in [0.29, 0.717) is 30.1 Å². The van der Waals surface area contributed by atoms with E-state index in [1.54, 1.807) is 12.1 Å². The minimum absolute atomic E-state index is 0.0699. The highest BCUT2D eigenvalue weighted by Crippen LogP contribution is 2.25. The molecule has 4 N–H and O–H groups in total. The summed E-state index contributed by atoms with van der Waals surface area (Å²) in [6.45, 7) is 1.97. The topological polar surface area (TPSA) is 95.2 Å². The van der Waals surface area contributed by atoms with Gasteiger partial charge in [-0.3, -0.25) is 14.7 Å². The molecule has 0 fully saturated rings. The summed E-state index contributed by atoms with van der Waals surface area (Å²) in [5, 5.41) is 9.76. The van der Waals surface area contributed by atoms with Crippen molar-refractivity contribution in [3.8, 4) is 5.75 Å². The zero-order chi connectivity index (χ0) is 15.0. The minimum atomic E-state index is -0.175. The maximum absolute atomic E-state index is 11.9. The molecule has 1 aromatic heterocycles. The molecule has 0 unspecified atom stereocenters. The normalized spacial score (nSPS) is 14.9. The van der Waals surface area contributed by atoms with Crippen molar-refractivity contribution in [3.05, 3.63) is 50.4 Å². The fourth-order valence-electron chi connectivity index (χ4n) is 2.54. The number of aromatic amines is 1. The summed E-state index contributed by atoms with van der Waals surface area (Å²) in [5.74, 6) is 0.234. The zero-order valence-corrected chi connectivity index (χ0v) is 12.0. The third-order valence-electron chi connectivity index (χ3n) is 3.58. The lowest BCUT2D eigenvalue weighted by Crippen LogP contribution is -2.35. The van der Waals surface area contributed by atoms with Crippen LogP contribution in [0.4, 0.5) is 5.95 Å². The van der Waals surface area contributed by atoms with Gasteiger partial charge in [0.15, 0.2) is 0 Å². The van der Waals surface area contributed by atoms with Crippen LogP contribution in [-0.2, 0) is 19.5 Å². The summed E-state index contributed by atoms with van der Waals surface area (Å²) in [5.41, 5.74) is 7.81. The number of nitrogens with one attached hydrogen (secondary N) is 1. The highest BCUT2D eigenvalue weighted by atomic mass is 35.5. The molecule has 6 nitrogen and oxygen atoms in total. The predicted octanol–water partition coefficient (Wildman–Crippen LogP) is 1.27. The Balaban J connectivity index is 1.80. The molecule has 0 saturated carbocycles. The second-order valence-electron chi connectivity index (χ2n) is 5.12. The number of nitrogen functional groups attached to an aromatic ring is 1. The van der Waals surface area contributed by atoms with Gasteiger partial charge >= 0.3 is 0 Å². The third-order valence-corrected chi connectivity index (χ3v) is 3.89. The minimum Gasteiger partial charge on any atom is -0.506 e. The van der Waals surface area contributed by atoms with E-state index in [1.807, 2.05) is 6.07 Å². The van der Waals surface area contributed by atoms with Crippen LogP contribution in [0.3, 0.4) is 0 Å². The number of anilines is 1. The smallest absolute Gasteiger partial charge is 0.257 e. The summed E-state index contributed by atoms with van der Waals surface area (Å²) in [7, 11) is 0. The third kappa shape index (κ3) is 2.86. The monoisotopic (exact) mass is 306 g/mol. The number of hydrogen-bond donors (Lipinski definition) is 3. The average Bonchev–Trinajstić information content (AvgIpc) is 2.43. The van der Waals surface area contributed by atoms with Gasteiger partial charge in [0.05, 0.1) is 16.3 Å². The van der Waals surface area contributed by atoms with Crippen LogP contribution in [0.2, 0.25) is 5.02 Å². The van der Waals surface area contributed by atoms with Gasteiger partial charge in [0.25, 0.3) is 5.56 Å². The van der Waals surface area contributed by atoms with E-state index in [1.165, 1.54) is 0 Å². The number of fused-ring (bicyclic) bond motifs is 1.